The fraction of sp³-hybridized carbons (Fsp3) is 1.00. The van der Waals surface area contributed by atoms with E-state index in [1.165, 1.54) is 45.2 Å². The molecular weight excluding hydrogens is 184 g/mol. The Labute approximate surface area is 95.2 Å². The quantitative estimate of drug-likeness (QED) is 0.702. The lowest BCUT2D eigenvalue weighted by Gasteiger charge is -2.22. The zero-order valence-electron chi connectivity index (χ0n) is 10.5. The van der Waals surface area contributed by atoms with Crippen molar-refractivity contribution in [2.75, 3.05) is 26.7 Å². The molecule has 1 aliphatic rings. The van der Waals surface area contributed by atoms with Crippen LogP contribution in [0.2, 0.25) is 0 Å². The van der Waals surface area contributed by atoms with Crippen LogP contribution in [-0.2, 0) is 0 Å². The van der Waals surface area contributed by atoms with E-state index in [2.05, 4.69) is 18.9 Å². The molecule has 0 saturated heterocycles. The molecule has 2 heteroatoms. The Morgan fingerprint density at radius 3 is 2.60 bits per heavy atom. The molecule has 0 aromatic heterocycles. The molecule has 2 nitrogen and oxygen atoms in total. The molecular formula is C13H28N2. The van der Waals surface area contributed by atoms with Gasteiger partial charge in [0, 0.05) is 6.54 Å². The van der Waals surface area contributed by atoms with Crippen LogP contribution in [0.15, 0.2) is 0 Å². The van der Waals surface area contributed by atoms with Crippen molar-refractivity contribution in [1.29, 1.82) is 0 Å². The molecule has 0 spiro atoms. The zero-order chi connectivity index (χ0) is 11.1. The standard InChI is InChI=1S/C13H28N2/c1-12(7-9-14)11-15(2)10-8-13-5-3-4-6-13/h12-13H,3-11,14H2,1-2H3. The smallest absolute Gasteiger partial charge is 0.000444 e. The van der Waals surface area contributed by atoms with Crippen molar-refractivity contribution in [2.45, 2.75) is 45.4 Å². The molecule has 1 rings (SSSR count). The highest BCUT2D eigenvalue weighted by Crippen LogP contribution is 2.27. The van der Waals surface area contributed by atoms with Gasteiger partial charge in [0.25, 0.3) is 0 Å². The summed E-state index contributed by atoms with van der Waals surface area (Å²) in [4.78, 5) is 2.48. The molecule has 1 fully saturated rings. The molecule has 90 valence electrons. The first-order chi connectivity index (χ1) is 7.22. The van der Waals surface area contributed by atoms with E-state index in [-0.39, 0.29) is 0 Å². The maximum absolute atomic E-state index is 5.56. The second-order valence-corrected chi connectivity index (χ2v) is 5.38. The van der Waals surface area contributed by atoms with Crippen LogP contribution < -0.4 is 5.73 Å². The van der Waals surface area contributed by atoms with Gasteiger partial charge in [-0.25, -0.2) is 0 Å². The maximum Gasteiger partial charge on any atom is 0.000444 e. The van der Waals surface area contributed by atoms with Gasteiger partial charge in [0.15, 0.2) is 0 Å². The Kier molecular flexibility index (Phi) is 6.26. The van der Waals surface area contributed by atoms with Crippen molar-refractivity contribution < 1.29 is 0 Å². The second-order valence-electron chi connectivity index (χ2n) is 5.38. The second kappa shape index (κ2) is 7.24. The summed E-state index contributed by atoms with van der Waals surface area (Å²) >= 11 is 0. The fourth-order valence-electron chi connectivity index (χ4n) is 2.70. The largest absolute Gasteiger partial charge is 0.330 e. The molecule has 1 atom stereocenters. The van der Waals surface area contributed by atoms with Gasteiger partial charge in [-0.05, 0) is 44.8 Å². The van der Waals surface area contributed by atoms with E-state index in [4.69, 9.17) is 5.73 Å². The third-order valence-corrected chi connectivity index (χ3v) is 3.68. The minimum absolute atomic E-state index is 0.753. The molecule has 2 N–H and O–H groups in total. The topological polar surface area (TPSA) is 29.3 Å². The van der Waals surface area contributed by atoms with Gasteiger partial charge in [-0.2, -0.15) is 0 Å². The SMILES string of the molecule is CC(CCN)CN(C)CCC1CCCC1. The number of rotatable bonds is 7. The molecule has 0 aromatic rings. The van der Waals surface area contributed by atoms with Crippen molar-refractivity contribution in [3.8, 4) is 0 Å². The van der Waals surface area contributed by atoms with Gasteiger partial charge >= 0.3 is 0 Å². The number of nitrogens with two attached hydrogens (primary N) is 1. The number of hydrogen-bond donors (Lipinski definition) is 1. The van der Waals surface area contributed by atoms with E-state index in [9.17, 15) is 0 Å². The van der Waals surface area contributed by atoms with Crippen molar-refractivity contribution in [1.82, 2.24) is 4.90 Å². The minimum Gasteiger partial charge on any atom is -0.330 e. The molecule has 1 aliphatic carbocycles. The molecule has 1 unspecified atom stereocenters. The van der Waals surface area contributed by atoms with E-state index in [1.807, 2.05) is 0 Å². The van der Waals surface area contributed by atoms with Gasteiger partial charge in [0.05, 0.1) is 0 Å². The number of hydrogen-bond acceptors (Lipinski definition) is 2. The third kappa shape index (κ3) is 5.53. The predicted molar refractivity (Wildman–Crippen MR) is 66.9 cm³/mol. The van der Waals surface area contributed by atoms with E-state index in [1.54, 1.807) is 0 Å². The van der Waals surface area contributed by atoms with Crippen molar-refractivity contribution in [3.05, 3.63) is 0 Å². The van der Waals surface area contributed by atoms with Crippen molar-refractivity contribution >= 4 is 0 Å². The summed E-state index contributed by atoms with van der Waals surface area (Å²) < 4.78 is 0. The maximum atomic E-state index is 5.56. The highest BCUT2D eigenvalue weighted by molar-refractivity contribution is 4.69. The average molecular weight is 212 g/mol. The summed E-state index contributed by atoms with van der Waals surface area (Å²) in [5, 5.41) is 0. The van der Waals surface area contributed by atoms with Crippen LogP contribution in [0, 0.1) is 11.8 Å². The van der Waals surface area contributed by atoms with Crippen LogP contribution in [0.3, 0.4) is 0 Å². The summed E-state index contributed by atoms with van der Waals surface area (Å²) in [7, 11) is 2.25. The lowest BCUT2D eigenvalue weighted by molar-refractivity contribution is 0.259. The number of nitrogens with zero attached hydrogens (tertiary/aromatic N) is 1. The Hall–Kier alpha value is -0.0800. The predicted octanol–water partition coefficient (Wildman–Crippen LogP) is 2.48. The van der Waals surface area contributed by atoms with Crippen LogP contribution in [0.25, 0.3) is 0 Å². The van der Waals surface area contributed by atoms with Gasteiger partial charge in [0.2, 0.25) is 0 Å². The molecule has 0 aliphatic heterocycles. The van der Waals surface area contributed by atoms with Crippen molar-refractivity contribution in [2.24, 2.45) is 17.6 Å². The molecule has 0 radical (unpaired) electrons. The van der Waals surface area contributed by atoms with Gasteiger partial charge in [-0.1, -0.05) is 32.6 Å². The lowest BCUT2D eigenvalue weighted by Crippen LogP contribution is -2.27. The fourth-order valence-corrected chi connectivity index (χ4v) is 2.70. The van der Waals surface area contributed by atoms with Gasteiger partial charge in [-0.15, -0.1) is 0 Å². The van der Waals surface area contributed by atoms with Crippen LogP contribution >= 0.6 is 0 Å². The van der Waals surface area contributed by atoms with E-state index in [0.29, 0.717) is 0 Å². The summed E-state index contributed by atoms with van der Waals surface area (Å²) in [5.74, 6) is 1.78. The van der Waals surface area contributed by atoms with E-state index >= 15 is 0 Å². The Morgan fingerprint density at radius 2 is 2.00 bits per heavy atom. The first-order valence-electron chi connectivity index (χ1n) is 6.61. The first-order valence-corrected chi connectivity index (χ1v) is 6.61. The van der Waals surface area contributed by atoms with Gasteiger partial charge < -0.3 is 10.6 Å². The molecule has 15 heavy (non-hydrogen) atoms. The third-order valence-electron chi connectivity index (χ3n) is 3.68. The van der Waals surface area contributed by atoms with Crippen LogP contribution in [0.5, 0.6) is 0 Å². The molecule has 0 bridgehead atoms. The molecule has 0 aromatic carbocycles. The Bertz CT molecular complexity index is 153. The van der Waals surface area contributed by atoms with Crippen molar-refractivity contribution in [3.63, 3.8) is 0 Å². The van der Waals surface area contributed by atoms with Crippen LogP contribution in [0.1, 0.15) is 45.4 Å². The van der Waals surface area contributed by atoms with Crippen LogP contribution in [0.4, 0.5) is 0 Å². The van der Waals surface area contributed by atoms with Gasteiger partial charge in [0.1, 0.15) is 0 Å². The summed E-state index contributed by atoms with van der Waals surface area (Å²) in [6.45, 7) is 5.63. The summed E-state index contributed by atoms with van der Waals surface area (Å²) in [5.41, 5.74) is 5.56. The lowest BCUT2D eigenvalue weighted by atomic mass is 10.0. The Morgan fingerprint density at radius 1 is 1.33 bits per heavy atom. The van der Waals surface area contributed by atoms with Crippen LogP contribution in [-0.4, -0.2) is 31.6 Å². The Balaban J connectivity index is 2.04. The summed E-state index contributed by atoms with van der Waals surface area (Å²) in [6.07, 6.45) is 8.47. The normalized spacial score (nSPS) is 20.0. The zero-order valence-corrected chi connectivity index (χ0v) is 10.5. The monoisotopic (exact) mass is 212 g/mol. The molecule has 0 amide bonds. The highest BCUT2D eigenvalue weighted by atomic mass is 15.1. The first kappa shape index (κ1) is 13.0. The molecule has 1 saturated carbocycles. The summed E-state index contributed by atoms with van der Waals surface area (Å²) in [6, 6.07) is 0. The molecule has 0 heterocycles. The average Bonchev–Trinajstić information content (AvgIpc) is 2.67. The minimum atomic E-state index is 0.753. The van der Waals surface area contributed by atoms with Gasteiger partial charge in [-0.3, -0.25) is 0 Å². The highest BCUT2D eigenvalue weighted by Gasteiger charge is 2.15. The van der Waals surface area contributed by atoms with E-state index < -0.39 is 0 Å². The van der Waals surface area contributed by atoms with E-state index in [0.717, 1.165) is 24.8 Å².